The highest BCUT2D eigenvalue weighted by Gasteiger charge is 2.06. The van der Waals surface area contributed by atoms with Gasteiger partial charge in [0.05, 0.1) is 0 Å². The molecule has 0 fully saturated rings. The van der Waals surface area contributed by atoms with E-state index in [0.717, 1.165) is 17.9 Å². The molecule has 7 heteroatoms. The van der Waals surface area contributed by atoms with Crippen molar-refractivity contribution >= 4 is 11.5 Å². The molecule has 0 radical (unpaired) electrons. The number of fused-ring (bicyclic) bond motifs is 1. The van der Waals surface area contributed by atoms with E-state index in [9.17, 15) is 0 Å². The lowest BCUT2D eigenvalue weighted by Gasteiger charge is -2.17. The summed E-state index contributed by atoms with van der Waals surface area (Å²) >= 11 is 0. The second kappa shape index (κ2) is 5.22. The molecule has 2 N–H and O–H groups in total. The van der Waals surface area contributed by atoms with E-state index in [-0.39, 0.29) is 0 Å². The molecule has 7 nitrogen and oxygen atoms in total. The van der Waals surface area contributed by atoms with Crippen molar-refractivity contribution in [3.8, 4) is 0 Å². The molecule has 2 aromatic heterocycles. The topological polar surface area (TPSA) is 85.2 Å². The lowest BCUT2D eigenvalue weighted by Crippen LogP contribution is -2.18. The molecule has 0 saturated carbocycles. The number of hydrogen-bond acceptors (Lipinski definition) is 6. The summed E-state index contributed by atoms with van der Waals surface area (Å²) in [6, 6.07) is 12.0. The van der Waals surface area contributed by atoms with E-state index in [1.54, 1.807) is 0 Å². The predicted octanol–water partition coefficient (Wildman–Crippen LogP) is 0.614. The smallest absolute Gasteiger partial charge is 0.200 e. The minimum Gasteiger partial charge on any atom is -0.354 e. The zero-order chi connectivity index (χ0) is 13.9. The van der Waals surface area contributed by atoms with Crippen LogP contribution in [0.4, 0.5) is 5.82 Å². The average Bonchev–Trinajstić information content (AvgIpc) is 2.95. The predicted molar refractivity (Wildman–Crippen MR) is 75.0 cm³/mol. The van der Waals surface area contributed by atoms with Gasteiger partial charge >= 0.3 is 0 Å². The van der Waals surface area contributed by atoms with Gasteiger partial charge in [-0.05, 0) is 33.7 Å². The Kier molecular flexibility index (Phi) is 3.26. The van der Waals surface area contributed by atoms with Crippen molar-refractivity contribution in [2.24, 2.45) is 5.73 Å². The van der Waals surface area contributed by atoms with Gasteiger partial charge in [0.15, 0.2) is 11.5 Å². The molecular formula is C13H15N7. The van der Waals surface area contributed by atoms with Gasteiger partial charge in [0.1, 0.15) is 0 Å². The summed E-state index contributed by atoms with van der Waals surface area (Å²) in [7, 11) is 1.98. The second-order valence-electron chi connectivity index (χ2n) is 4.59. The molecule has 0 spiro atoms. The van der Waals surface area contributed by atoms with Crippen molar-refractivity contribution in [3.63, 3.8) is 0 Å². The van der Waals surface area contributed by atoms with Crippen LogP contribution in [0.2, 0.25) is 0 Å². The second-order valence-corrected chi connectivity index (χ2v) is 4.59. The van der Waals surface area contributed by atoms with E-state index in [1.165, 1.54) is 10.2 Å². The number of anilines is 1. The number of rotatable bonds is 4. The lowest BCUT2D eigenvalue weighted by molar-refractivity contribution is 0.720. The molecule has 2 heterocycles. The average molecular weight is 269 g/mol. The van der Waals surface area contributed by atoms with E-state index in [2.05, 4.69) is 32.8 Å². The summed E-state index contributed by atoms with van der Waals surface area (Å²) in [4.78, 5) is 2.04. The molecule has 20 heavy (non-hydrogen) atoms. The van der Waals surface area contributed by atoms with Crippen molar-refractivity contribution in [3.05, 3.63) is 47.5 Å². The third-order valence-electron chi connectivity index (χ3n) is 3.12. The first-order valence-electron chi connectivity index (χ1n) is 6.31. The van der Waals surface area contributed by atoms with E-state index in [4.69, 9.17) is 5.73 Å². The van der Waals surface area contributed by atoms with Crippen LogP contribution in [0.5, 0.6) is 0 Å². The van der Waals surface area contributed by atoms with Crippen LogP contribution in [0, 0.1) is 0 Å². The molecule has 0 bridgehead atoms. The van der Waals surface area contributed by atoms with Crippen LogP contribution in [0.25, 0.3) is 5.65 Å². The number of nitrogens with zero attached hydrogens (tertiary/aromatic N) is 6. The molecule has 0 unspecified atom stereocenters. The molecular weight excluding hydrogens is 254 g/mol. The third-order valence-corrected chi connectivity index (χ3v) is 3.12. The molecule has 0 aliphatic heterocycles. The Morgan fingerprint density at radius 2 is 1.85 bits per heavy atom. The first-order valence-corrected chi connectivity index (χ1v) is 6.31. The Morgan fingerprint density at radius 3 is 2.60 bits per heavy atom. The van der Waals surface area contributed by atoms with Crippen LogP contribution in [-0.2, 0) is 13.1 Å². The number of tetrazole rings is 1. The molecule has 0 aliphatic carbocycles. The number of hydrogen-bond donors (Lipinski definition) is 1. The summed E-state index contributed by atoms with van der Waals surface area (Å²) in [5.41, 5.74) is 8.55. The van der Waals surface area contributed by atoms with Crippen LogP contribution in [0.15, 0.2) is 36.4 Å². The number of benzene rings is 1. The van der Waals surface area contributed by atoms with Gasteiger partial charge in [-0.25, -0.2) is 0 Å². The summed E-state index contributed by atoms with van der Waals surface area (Å²) in [6.07, 6.45) is 0. The van der Waals surface area contributed by atoms with Crippen LogP contribution in [0.3, 0.4) is 0 Å². The Morgan fingerprint density at radius 1 is 1.10 bits per heavy atom. The molecule has 3 rings (SSSR count). The van der Waals surface area contributed by atoms with Gasteiger partial charge < -0.3 is 10.6 Å². The quantitative estimate of drug-likeness (QED) is 0.747. The maximum atomic E-state index is 5.59. The zero-order valence-corrected chi connectivity index (χ0v) is 11.1. The van der Waals surface area contributed by atoms with Crippen molar-refractivity contribution in [1.82, 2.24) is 25.3 Å². The normalized spacial score (nSPS) is 10.9. The maximum Gasteiger partial charge on any atom is 0.200 e. The van der Waals surface area contributed by atoms with Gasteiger partial charge in [-0.2, -0.15) is 0 Å². The standard InChI is InChI=1S/C13H15N7/c1-19(9-11-4-2-10(8-14)3-5-11)13-7-6-12-15-17-18-20(12)16-13/h2-7H,8-9,14H2,1H3. The van der Waals surface area contributed by atoms with Crippen LogP contribution < -0.4 is 10.6 Å². The molecule has 1 aromatic carbocycles. The maximum absolute atomic E-state index is 5.59. The van der Waals surface area contributed by atoms with Crippen LogP contribution in [0.1, 0.15) is 11.1 Å². The fraction of sp³-hybridized carbons (Fsp3) is 0.231. The first kappa shape index (κ1) is 12.5. The van der Waals surface area contributed by atoms with Crippen molar-refractivity contribution in [2.75, 3.05) is 11.9 Å². The monoisotopic (exact) mass is 269 g/mol. The fourth-order valence-electron chi connectivity index (χ4n) is 1.98. The molecule has 0 amide bonds. The Bertz CT molecular complexity index is 704. The zero-order valence-electron chi connectivity index (χ0n) is 11.1. The largest absolute Gasteiger partial charge is 0.354 e. The molecule has 3 aromatic rings. The van der Waals surface area contributed by atoms with Crippen LogP contribution in [-0.4, -0.2) is 32.3 Å². The van der Waals surface area contributed by atoms with Gasteiger partial charge in [-0.15, -0.1) is 14.8 Å². The SMILES string of the molecule is CN(Cc1ccc(CN)cc1)c1ccc2nnnn2n1. The van der Waals surface area contributed by atoms with Gasteiger partial charge in [-0.3, -0.25) is 0 Å². The first-order chi connectivity index (χ1) is 9.76. The van der Waals surface area contributed by atoms with Crippen LogP contribution >= 0.6 is 0 Å². The van der Waals surface area contributed by atoms with Crippen molar-refractivity contribution < 1.29 is 0 Å². The highest BCUT2D eigenvalue weighted by molar-refractivity contribution is 5.44. The molecule has 102 valence electrons. The highest BCUT2D eigenvalue weighted by atomic mass is 15.6. The Balaban J connectivity index is 1.78. The van der Waals surface area contributed by atoms with Gasteiger partial charge in [0, 0.05) is 20.1 Å². The number of nitrogens with two attached hydrogens (primary N) is 1. The molecule has 0 atom stereocenters. The van der Waals surface area contributed by atoms with E-state index in [1.807, 2.05) is 36.2 Å². The minimum absolute atomic E-state index is 0.563. The summed E-state index contributed by atoms with van der Waals surface area (Å²) in [5.74, 6) is 0.813. The van der Waals surface area contributed by atoms with Crippen molar-refractivity contribution in [1.29, 1.82) is 0 Å². The van der Waals surface area contributed by atoms with Gasteiger partial charge in [-0.1, -0.05) is 24.3 Å². The van der Waals surface area contributed by atoms with Gasteiger partial charge in [0.2, 0.25) is 0 Å². The van der Waals surface area contributed by atoms with Crippen molar-refractivity contribution in [2.45, 2.75) is 13.1 Å². The fourth-order valence-corrected chi connectivity index (χ4v) is 1.98. The Labute approximate surface area is 116 Å². The summed E-state index contributed by atoms with van der Waals surface area (Å²) in [6.45, 7) is 1.32. The van der Waals surface area contributed by atoms with Gasteiger partial charge in [0.25, 0.3) is 0 Å². The van der Waals surface area contributed by atoms with E-state index in [0.29, 0.717) is 12.2 Å². The van der Waals surface area contributed by atoms with E-state index < -0.39 is 0 Å². The number of aromatic nitrogens is 5. The lowest BCUT2D eigenvalue weighted by atomic mass is 10.1. The van der Waals surface area contributed by atoms with E-state index >= 15 is 0 Å². The summed E-state index contributed by atoms with van der Waals surface area (Å²) < 4.78 is 1.42. The Hall–Kier alpha value is -2.54. The minimum atomic E-state index is 0.563. The molecule has 0 saturated heterocycles. The molecule has 0 aliphatic rings. The highest BCUT2D eigenvalue weighted by Crippen LogP contribution is 2.13. The third kappa shape index (κ3) is 2.43. The summed E-state index contributed by atoms with van der Waals surface area (Å²) in [5, 5.41) is 15.6.